The number of likely N-dealkylation sites (tertiary alicyclic amines) is 1. The zero-order valence-corrected chi connectivity index (χ0v) is 13.0. The number of carbonyl (C=O) groups excluding carboxylic acids is 2. The monoisotopic (exact) mass is 322 g/mol. The molecule has 7 heteroatoms. The van der Waals surface area contributed by atoms with Crippen LogP contribution in [0.25, 0.3) is 0 Å². The van der Waals surface area contributed by atoms with Gasteiger partial charge in [0.05, 0.1) is 4.90 Å². The first-order chi connectivity index (χ1) is 10.5. The van der Waals surface area contributed by atoms with E-state index < -0.39 is 10.0 Å². The van der Waals surface area contributed by atoms with Gasteiger partial charge in [-0.05, 0) is 25.0 Å². The molecule has 6 nitrogen and oxygen atoms in total. The summed E-state index contributed by atoms with van der Waals surface area (Å²) in [5, 5.41) is 0. The molecule has 22 heavy (non-hydrogen) atoms. The van der Waals surface area contributed by atoms with Crippen molar-refractivity contribution in [1.82, 2.24) is 9.21 Å². The van der Waals surface area contributed by atoms with Crippen molar-refractivity contribution in [3.05, 3.63) is 30.3 Å². The van der Waals surface area contributed by atoms with Gasteiger partial charge in [0.1, 0.15) is 0 Å². The van der Waals surface area contributed by atoms with Crippen molar-refractivity contribution >= 4 is 21.8 Å². The van der Waals surface area contributed by atoms with E-state index in [-0.39, 0.29) is 35.6 Å². The van der Waals surface area contributed by atoms with Crippen molar-refractivity contribution in [2.24, 2.45) is 0 Å². The van der Waals surface area contributed by atoms with E-state index >= 15 is 0 Å². The molecule has 2 heterocycles. The highest BCUT2D eigenvalue weighted by Gasteiger charge is 2.38. The number of amides is 2. The van der Waals surface area contributed by atoms with Crippen molar-refractivity contribution in [3.8, 4) is 0 Å². The van der Waals surface area contributed by atoms with Crippen LogP contribution < -0.4 is 0 Å². The summed E-state index contributed by atoms with van der Waals surface area (Å²) in [5.41, 5.74) is 0. The van der Waals surface area contributed by atoms with Crippen LogP contribution in [-0.4, -0.2) is 48.6 Å². The highest BCUT2D eigenvalue weighted by atomic mass is 32.2. The largest absolute Gasteiger partial charge is 0.279 e. The zero-order chi connectivity index (χ0) is 15.7. The Kier molecular flexibility index (Phi) is 4.01. The van der Waals surface area contributed by atoms with Gasteiger partial charge >= 0.3 is 0 Å². The minimum absolute atomic E-state index is 0.130. The molecular formula is C15H18N2O4S. The SMILES string of the molecule is O=C1CCC(=O)N1C1CCN(S(=O)(=O)c2ccccc2)CC1. The minimum atomic E-state index is -3.49. The molecule has 2 saturated heterocycles. The van der Waals surface area contributed by atoms with Gasteiger partial charge in [0.15, 0.2) is 0 Å². The molecule has 118 valence electrons. The van der Waals surface area contributed by atoms with Gasteiger partial charge in [0.25, 0.3) is 0 Å². The van der Waals surface area contributed by atoms with Crippen molar-refractivity contribution in [2.45, 2.75) is 36.6 Å². The second kappa shape index (κ2) is 5.81. The van der Waals surface area contributed by atoms with Gasteiger partial charge in [-0.15, -0.1) is 0 Å². The Balaban J connectivity index is 1.70. The van der Waals surface area contributed by atoms with Gasteiger partial charge in [0, 0.05) is 32.0 Å². The predicted molar refractivity (Wildman–Crippen MR) is 79.3 cm³/mol. The lowest BCUT2D eigenvalue weighted by Crippen LogP contribution is -2.48. The molecule has 3 rings (SSSR count). The first-order valence-corrected chi connectivity index (χ1v) is 8.84. The van der Waals surface area contributed by atoms with Crippen molar-refractivity contribution < 1.29 is 18.0 Å². The molecule has 0 spiro atoms. The Morgan fingerprint density at radius 2 is 1.45 bits per heavy atom. The molecule has 0 aliphatic carbocycles. The van der Waals surface area contributed by atoms with E-state index in [2.05, 4.69) is 0 Å². The van der Waals surface area contributed by atoms with Crippen LogP contribution >= 0.6 is 0 Å². The minimum Gasteiger partial charge on any atom is -0.279 e. The van der Waals surface area contributed by atoms with Crippen LogP contribution in [0.4, 0.5) is 0 Å². The van der Waals surface area contributed by atoms with Gasteiger partial charge in [-0.1, -0.05) is 18.2 Å². The maximum Gasteiger partial charge on any atom is 0.243 e. The van der Waals surface area contributed by atoms with Crippen LogP contribution in [0.15, 0.2) is 35.2 Å². The van der Waals surface area contributed by atoms with Crippen LogP contribution in [-0.2, 0) is 19.6 Å². The summed E-state index contributed by atoms with van der Waals surface area (Å²) in [6, 6.07) is 8.16. The molecule has 2 aliphatic rings. The third kappa shape index (κ3) is 2.66. The maximum atomic E-state index is 12.5. The van der Waals surface area contributed by atoms with Crippen LogP contribution in [0.1, 0.15) is 25.7 Å². The fourth-order valence-corrected chi connectivity index (χ4v) is 4.57. The van der Waals surface area contributed by atoms with Gasteiger partial charge < -0.3 is 0 Å². The fraction of sp³-hybridized carbons (Fsp3) is 0.467. The number of imide groups is 1. The number of rotatable bonds is 3. The van der Waals surface area contributed by atoms with Crippen molar-refractivity contribution in [1.29, 1.82) is 0 Å². The Morgan fingerprint density at radius 3 is 2.00 bits per heavy atom. The van der Waals surface area contributed by atoms with Gasteiger partial charge in [-0.2, -0.15) is 4.31 Å². The molecule has 1 aromatic rings. The average Bonchev–Trinajstić information content (AvgIpc) is 2.87. The summed E-state index contributed by atoms with van der Waals surface area (Å²) in [4.78, 5) is 25.1. The Bertz CT molecular complexity index is 663. The second-order valence-electron chi connectivity index (χ2n) is 5.61. The first-order valence-electron chi connectivity index (χ1n) is 7.40. The van der Waals surface area contributed by atoms with E-state index in [0.29, 0.717) is 25.9 Å². The number of hydrogen-bond acceptors (Lipinski definition) is 4. The lowest BCUT2D eigenvalue weighted by atomic mass is 10.1. The summed E-state index contributed by atoms with van der Waals surface area (Å²) in [5.74, 6) is -0.260. The van der Waals surface area contributed by atoms with Crippen LogP contribution in [0.3, 0.4) is 0 Å². The Labute approximate surface area is 129 Å². The van der Waals surface area contributed by atoms with E-state index in [1.54, 1.807) is 30.3 Å². The highest BCUT2D eigenvalue weighted by Crippen LogP contribution is 2.26. The molecule has 0 radical (unpaired) electrons. The zero-order valence-electron chi connectivity index (χ0n) is 12.1. The highest BCUT2D eigenvalue weighted by molar-refractivity contribution is 7.89. The molecule has 0 saturated carbocycles. The number of nitrogens with zero attached hydrogens (tertiary/aromatic N) is 2. The van der Waals surface area contributed by atoms with Crippen LogP contribution in [0.5, 0.6) is 0 Å². The maximum absolute atomic E-state index is 12.5. The summed E-state index contributed by atoms with van der Waals surface area (Å²) in [6.45, 7) is 0.665. The molecule has 2 aliphatic heterocycles. The number of sulfonamides is 1. The van der Waals surface area contributed by atoms with Crippen molar-refractivity contribution in [3.63, 3.8) is 0 Å². The molecular weight excluding hydrogens is 304 g/mol. The fourth-order valence-electron chi connectivity index (χ4n) is 3.08. The molecule has 0 N–H and O–H groups in total. The van der Waals surface area contributed by atoms with Gasteiger partial charge in [-0.3, -0.25) is 14.5 Å². The number of hydrogen-bond donors (Lipinski definition) is 0. The molecule has 0 unspecified atom stereocenters. The van der Waals surface area contributed by atoms with E-state index in [9.17, 15) is 18.0 Å². The molecule has 0 bridgehead atoms. The molecule has 2 fully saturated rings. The topological polar surface area (TPSA) is 74.8 Å². The lowest BCUT2D eigenvalue weighted by Gasteiger charge is -2.35. The first kappa shape index (κ1) is 15.2. The summed E-state index contributed by atoms with van der Waals surface area (Å²) < 4.78 is 26.5. The smallest absolute Gasteiger partial charge is 0.243 e. The van der Waals surface area contributed by atoms with Gasteiger partial charge in [-0.25, -0.2) is 8.42 Å². The van der Waals surface area contributed by atoms with E-state index in [0.717, 1.165) is 0 Å². The van der Waals surface area contributed by atoms with E-state index in [1.807, 2.05) is 0 Å². The average molecular weight is 322 g/mol. The number of benzene rings is 1. The lowest BCUT2D eigenvalue weighted by molar-refractivity contribution is -0.141. The molecule has 0 atom stereocenters. The standard InChI is InChI=1S/C15H18N2O4S/c18-14-6-7-15(19)17(14)12-8-10-16(11-9-12)22(20,21)13-4-2-1-3-5-13/h1-5,12H,6-11H2. The summed E-state index contributed by atoms with van der Waals surface area (Å²) >= 11 is 0. The summed E-state index contributed by atoms with van der Waals surface area (Å²) in [7, 11) is -3.49. The number of carbonyl (C=O) groups is 2. The van der Waals surface area contributed by atoms with Gasteiger partial charge in [0.2, 0.25) is 21.8 Å². The quantitative estimate of drug-likeness (QED) is 0.778. The number of piperidine rings is 1. The third-order valence-electron chi connectivity index (χ3n) is 4.26. The third-order valence-corrected chi connectivity index (χ3v) is 6.17. The normalized spacial score (nSPS) is 21.5. The molecule has 0 aromatic heterocycles. The van der Waals surface area contributed by atoms with E-state index in [4.69, 9.17) is 0 Å². The Hall–Kier alpha value is -1.73. The predicted octanol–water partition coefficient (Wildman–Crippen LogP) is 0.989. The Morgan fingerprint density at radius 1 is 0.909 bits per heavy atom. The molecule has 1 aromatic carbocycles. The summed E-state index contributed by atoms with van der Waals surface area (Å²) in [6.07, 6.45) is 1.57. The van der Waals surface area contributed by atoms with Crippen LogP contribution in [0.2, 0.25) is 0 Å². The van der Waals surface area contributed by atoms with Crippen molar-refractivity contribution in [2.75, 3.05) is 13.1 Å². The van der Waals surface area contributed by atoms with E-state index in [1.165, 1.54) is 9.21 Å². The molecule has 2 amide bonds. The second-order valence-corrected chi connectivity index (χ2v) is 7.54. The van der Waals surface area contributed by atoms with Crippen LogP contribution in [0, 0.1) is 0 Å².